The summed E-state index contributed by atoms with van der Waals surface area (Å²) < 4.78 is 0. The Balaban J connectivity index is 2.20. The topological polar surface area (TPSA) is 12.0 Å². The molecule has 1 nitrogen and oxygen atoms in total. The molecule has 0 unspecified atom stereocenters. The van der Waals surface area contributed by atoms with Crippen LogP contribution >= 0.6 is 0 Å². The maximum Gasteiger partial charge on any atom is 0.00362 e. The number of nitrogens with one attached hydrogen (secondary N) is 1. The summed E-state index contributed by atoms with van der Waals surface area (Å²) in [5.41, 5.74) is 1.42. The van der Waals surface area contributed by atoms with Gasteiger partial charge in [-0.15, -0.1) is 0 Å². The van der Waals surface area contributed by atoms with Crippen LogP contribution in [0.25, 0.3) is 0 Å². The Morgan fingerprint density at radius 1 is 1.23 bits per heavy atom. The Kier molecular flexibility index (Phi) is 4.55. The number of rotatable bonds is 5. The van der Waals surface area contributed by atoms with E-state index in [1.165, 1.54) is 12.0 Å². The number of hydrogen-bond donors (Lipinski definition) is 1. The Labute approximate surface area is 81.2 Å². The summed E-state index contributed by atoms with van der Waals surface area (Å²) in [7, 11) is 0. The first-order valence-corrected chi connectivity index (χ1v) is 5.10. The van der Waals surface area contributed by atoms with Gasteiger partial charge in [0.1, 0.15) is 0 Å². The largest absolute Gasteiger partial charge is 0.314 e. The molecule has 0 aromatic heterocycles. The van der Waals surface area contributed by atoms with Crippen molar-refractivity contribution in [3.8, 4) is 0 Å². The molecule has 1 aromatic carbocycles. The van der Waals surface area contributed by atoms with Gasteiger partial charge < -0.3 is 5.32 Å². The van der Waals surface area contributed by atoms with E-state index < -0.39 is 0 Å². The van der Waals surface area contributed by atoms with Gasteiger partial charge in [-0.3, -0.25) is 0 Å². The van der Waals surface area contributed by atoms with Gasteiger partial charge in [0, 0.05) is 6.04 Å². The molecule has 0 bridgehead atoms. The lowest BCUT2D eigenvalue weighted by atomic mass is 10.1. The van der Waals surface area contributed by atoms with E-state index in [2.05, 4.69) is 49.5 Å². The number of benzene rings is 1. The van der Waals surface area contributed by atoms with E-state index in [1.807, 2.05) is 0 Å². The fourth-order valence-electron chi connectivity index (χ4n) is 1.25. The van der Waals surface area contributed by atoms with Gasteiger partial charge in [-0.25, -0.2) is 0 Å². The molecule has 0 radical (unpaired) electrons. The minimum absolute atomic E-state index is 0.642. The average Bonchev–Trinajstić information content (AvgIpc) is 2.19. The van der Waals surface area contributed by atoms with E-state index in [0.29, 0.717) is 6.04 Å². The van der Waals surface area contributed by atoms with Gasteiger partial charge in [0.25, 0.3) is 0 Å². The van der Waals surface area contributed by atoms with Gasteiger partial charge in [-0.2, -0.15) is 0 Å². The normalized spacial score (nSPS) is 12.8. The Bertz CT molecular complexity index is 218. The van der Waals surface area contributed by atoms with E-state index in [-0.39, 0.29) is 0 Å². The van der Waals surface area contributed by atoms with Crippen molar-refractivity contribution in [3.63, 3.8) is 0 Å². The van der Waals surface area contributed by atoms with Crippen LogP contribution in [0.1, 0.15) is 25.8 Å². The smallest absolute Gasteiger partial charge is 0.00362 e. The molecule has 0 aliphatic rings. The molecule has 1 atom stereocenters. The highest BCUT2D eigenvalue weighted by Crippen LogP contribution is 1.98. The molecule has 0 heterocycles. The van der Waals surface area contributed by atoms with E-state index in [1.54, 1.807) is 0 Å². The van der Waals surface area contributed by atoms with Crippen molar-refractivity contribution in [1.29, 1.82) is 0 Å². The van der Waals surface area contributed by atoms with E-state index in [0.717, 1.165) is 13.0 Å². The van der Waals surface area contributed by atoms with E-state index in [4.69, 9.17) is 0 Å². The quantitative estimate of drug-likeness (QED) is 0.729. The molecule has 0 aliphatic heterocycles. The van der Waals surface area contributed by atoms with E-state index >= 15 is 0 Å². The second kappa shape index (κ2) is 5.76. The third-order valence-electron chi connectivity index (χ3n) is 2.36. The standard InChI is InChI=1S/C12H19N/c1-3-11(2)13-10-9-12-7-5-4-6-8-12/h4-8,11,13H,3,9-10H2,1-2H3/t11-/m0/s1. The summed E-state index contributed by atoms with van der Waals surface area (Å²) in [6, 6.07) is 11.3. The number of hydrogen-bond acceptors (Lipinski definition) is 1. The van der Waals surface area contributed by atoms with Crippen molar-refractivity contribution in [3.05, 3.63) is 35.9 Å². The molecule has 0 amide bonds. The van der Waals surface area contributed by atoms with Crippen LogP contribution < -0.4 is 5.32 Å². The van der Waals surface area contributed by atoms with Gasteiger partial charge in [0.15, 0.2) is 0 Å². The third-order valence-corrected chi connectivity index (χ3v) is 2.36. The molecule has 1 aromatic rings. The first kappa shape index (κ1) is 10.3. The second-order valence-corrected chi connectivity index (χ2v) is 3.50. The fourth-order valence-corrected chi connectivity index (χ4v) is 1.25. The predicted octanol–water partition coefficient (Wildman–Crippen LogP) is 2.62. The van der Waals surface area contributed by atoms with Crippen molar-refractivity contribution >= 4 is 0 Å². The zero-order valence-electron chi connectivity index (χ0n) is 8.59. The van der Waals surface area contributed by atoms with Crippen molar-refractivity contribution in [2.45, 2.75) is 32.7 Å². The van der Waals surface area contributed by atoms with Crippen LogP contribution in [0.3, 0.4) is 0 Å². The van der Waals surface area contributed by atoms with Crippen molar-refractivity contribution in [2.24, 2.45) is 0 Å². The first-order chi connectivity index (χ1) is 6.33. The molecular weight excluding hydrogens is 158 g/mol. The van der Waals surface area contributed by atoms with Crippen LogP contribution in [-0.2, 0) is 6.42 Å². The summed E-state index contributed by atoms with van der Waals surface area (Å²) >= 11 is 0. The highest BCUT2D eigenvalue weighted by molar-refractivity contribution is 5.14. The average molecular weight is 177 g/mol. The predicted molar refractivity (Wildman–Crippen MR) is 57.9 cm³/mol. The molecule has 1 rings (SSSR count). The zero-order chi connectivity index (χ0) is 9.52. The maximum atomic E-state index is 3.48. The van der Waals surface area contributed by atoms with Gasteiger partial charge in [0.2, 0.25) is 0 Å². The molecule has 72 valence electrons. The monoisotopic (exact) mass is 177 g/mol. The molecule has 1 N–H and O–H groups in total. The van der Waals surface area contributed by atoms with Crippen LogP contribution in [0.4, 0.5) is 0 Å². The van der Waals surface area contributed by atoms with Crippen molar-refractivity contribution in [1.82, 2.24) is 5.32 Å². The summed E-state index contributed by atoms with van der Waals surface area (Å²) in [4.78, 5) is 0. The summed E-state index contributed by atoms with van der Waals surface area (Å²) in [5, 5.41) is 3.48. The SMILES string of the molecule is CC[C@H](C)NCCc1ccccc1. The molecule has 0 saturated heterocycles. The van der Waals surface area contributed by atoms with Crippen LogP contribution in [0, 0.1) is 0 Å². The lowest BCUT2D eigenvalue weighted by Gasteiger charge is -2.10. The Morgan fingerprint density at radius 2 is 1.92 bits per heavy atom. The lowest BCUT2D eigenvalue weighted by Crippen LogP contribution is -2.27. The van der Waals surface area contributed by atoms with Gasteiger partial charge in [-0.1, -0.05) is 37.3 Å². The van der Waals surface area contributed by atoms with Crippen LogP contribution in [0.15, 0.2) is 30.3 Å². The molecule has 0 saturated carbocycles. The third kappa shape index (κ3) is 4.09. The van der Waals surface area contributed by atoms with E-state index in [9.17, 15) is 0 Å². The molecule has 0 fully saturated rings. The first-order valence-electron chi connectivity index (χ1n) is 5.10. The molecule has 13 heavy (non-hydrogen) atoms. The highest BCUT2D eigenvalue weighted by atomic mass is 14.9. The van der Waals surface area contributed by atoms with Gasteiger partial charge in [0.05, 0.1) is 0 Å². The summed E-state index contributed by atoms with van der Waals surface area (Å²) in [5.74, 6) is 0. The lowest BCUT2D eigenvalue weighted by molar-refractivity contribution is 0.537. The molecular formula is C12H19N. The van der Waals surface area contributed by atoms with Crippen LogP contribution in [0.2, 0.25) is 0 Å². The minimum Gasteiger partial charge on any atom is -0.314 e. The Hall–Kier alpha value is -0.820. The summed E-state index contributed by atoms with van der Waals surface area (Å²) in [6.45, 7) is 5.52. The maximum absolute atomic E-state index is 3.48. The molecule has 1 heteroatoms. The minimum atomic E-state index is 0.642. The van der Waals surface area contributed by atoms with Crippen molar-refractivity contribution < 1.29 is 0 Å². The fraction of sp³-hybridized carbons (Fsp3) is 0.500. The second-order valence-electron chi connectivity index (χ2n) is 3.50. The molecule has 0 spiro atoms. The van der Waals surface area contributed by atoms with Crippen molar-refractivity contribution in [2.75, 3.05) is 6.54 Å². The Morgan fingerprint density at radius 3 is 2.54 bits per heavy atom. The molecule has 0 aliphatic carbocycles. The van der Waals surface area contributed by atoms with Gasteiger partial charge >= 0.3 is 0 Å². The van der Waals surface area contributed by atoms with Crippen LogP contribution in [-0.4, -0.2) is 12.6 Å². The van der Waals surface area contributed by atoms with Gasteiger partial charge in [-0.05, 0) is 31.9 Å². The zero-order valence-corrected chi connectivity index (χ0v) is 8.59. The summed E-state index contributed by atoms with van der Waals surface area (Å²) in [6.07, 6.45) is 2.33. The van der Waals surface area contributed by atoms with Crippen LogP contribution in [0.5, 0.6) is 0 Å². The highest BCUT2D eigenvalue weighted by Gasteiger charge is 1.96.